The van der Waals surface area contributed by atoms with Gasteiger partial charge in [-0.15, -0.1) is 11.6 Å². The van der Waals surface area contributed by atoms with Crippen LogP contribution in [0.5, 0.6) is 0 Å². The van der Waals surface area contributed by atoms with Crippen molar-refractivity contribution in [1.82, 2.24) is 0 Å². The molecule has 0 heterocycles. The van der Waals surface area contributed by atoms with Crippen molar-refractivity contribution in [3.8, 4) is 0 Å². The topological polar surface area (TPSA) is 9.23 Å². The first-order valence-corrected chi connectivity index (χ1v) is 8.18. The van der Waals surface area contributed by atoms with Crippen LogP contribution >= 0.6 is 11.6 Å². The Balaban J connectivity index is 4.87. The molecular formula is C11H25ClOSi. The fourth-order valence-electron chi connectivity index (χ4n) is 1.59. The van der Waals surface area contributed by atoms with Crippen LogP contribution in [0.4, 0.5) is 0 Å². The largest absolute Gasteiger partial charge is 0.415 e. The van der Waals surface area contributed by atoms with Crippen molar-refractivity contribution in [3.63, 3.8) is 0 Å². The summed E-state index contributed by atoms with van der Waals surface area (Å²) in [4.78, 5) is 0. The highest BCUT2D eigenvalue weighted by Crippen LogP contribution is 2.46. The Labute approximate surface area is 95.3 Å². The summed E-state index contributed by atoms with van der Waals surface area (Å²) in [6.07, 6.45) is 1.06. The number of alkyl halides is 1. The molecule has 1 atom stereocenters. The summed E-state index contributed by atoms with van der Waals surface area (Å²) in [5, 5.41) is 0.174. The third-order valence-corrected chi connectivity index (χ3v) is 10.2. The molecule has 0 fully saturated rings. The Kier molecular flexibility index (Phi) is 4.69. The van der Waals surface area contributed by atoms with Crippen LogP contribution in [0.1, 0.15) is 48.0 Å². The molecule has 0 bridgehead atoms. The monoisotopic (exact) mass is 236 g/mol. The van der Waals surface area contributed by atoms with Gasteiger partial charge in [-0.2, -0.15) is 0 Å². The van der Waals surface area contributed by atoms with Crippen molar-refractivity contribution >= 4 is 19.9 Å². The lowest BCUT2D eigenvalue weighted by molar-refractivity contribution is 0.272. The number of hydrogen-bond donors (Lipinski definition) is 0. The lowest BCUT2D eigenvalue weighted by atomic mass is 10.2. The summed E-state index contributed by atoms with van der Waals surface area (Å²) in [6, 6.07) is 0. The second kappa shape index (κ2) is 4.54. The van der Waals surface area contributed by atoms with Crippen LogP contribution in [0.25, 0.3) is 0 Å². The van der Waals surface area contributed by atoms with E-state index in [-0.39, 0.29) is 9.54 Å². The van der Waals surface area contributed by atoms with Crippen LogP contribution in [0, 0.1) is 0 Å². The summed E-state index contributed by atoms with van der Waals surface area (Å²) >= 11 is 6.50. The molecule has 0 N–H and O–H groups in total. The first-order valence-electron chi connectivity index (χ1n) is 5.39. The molecule has 0 aromatic carbocycles. The van der Waals surface area contributed by atoms with Gasteiger partial charge in [0.1, 0.15) is 0 Å². The molecule has 1 nitrogen and oxygen atoms in total. The van der Waals surface area contributed by atoms with Crippen molar-refractivity contribution in [2.45, 2.75) is 64.0 Å². The smallest absolute Gasteiger partial charge is 0.215 e. The van der Waals surface area contributed by atoms with E-state index in [1.165, 1.54) is 0 Å². The highest BCUT2D eigenvalue weighted by atomic mass is 35.5. The molecule has 3 heteroatoms. The van der Waals surface area contributed by atoms with E-state index in [0.29, 0.717) is 0 Å². The van der Waals surface area contributed by atoms with Gasteiger partial charge in [0, 0.05) is 6.61 Å². The Hall–Kier alpha value is 0.467. The van der Waals surface area contributed by atoms with Gasteiger partial charge in [0.15, 0.2) is 0 Å². The molecule has 14 heavy (non-hydrogen) atoms. The third-order valence-electron chi connectivity index (χ3n) is 3.16. The van der Waals surface area contributed by atoms with E-state index in [1.54, 1.807) is 0 Å². The molecule has 0 saturated heterocycles. The van der Waals surface area contributed by atoms with Crippen LogP contribution in [0.2, 0.25) is 11.6 Å². The number of rotatable bonds is 4. The average Bonchev–Trinajstić information content (AvgIpc) is 1.95. The summed E-state index contributed by atoms with van der Waals surface area (Å²) in [5.74, 6) is 0. The van der Waals surface area contributed by atoms with Crippen LogP contribution in [-0.4, -0.2) is 19.4 Å². The van der Waals surface area contributed by atoms with Crippen molar-refractivity contribution in [3.05, 3.63) is 0 Å². The van der Waals surface area contributed by atoms with Gasteiger partial charge in [0.05, 0.1) is 4.50 Å². The van der Waals surface area contributed by atoms with E-state index < -0.39 is 8.32 Å². The number of halogens is 1. The van der Waals surface area contributed by atoms with E-state index >= 15 is 0 Å². The zero-order chi connectivity index (χ0) is 11.6. The quantitative estimate of drug-likeness (QED) is 0.521. The summed E-state index contributed by atoms with van der Waals surface area (Å²) in [5.41, 5.74) is 0. The molecule has 86 valence electrons. The van der Waals surface area contributed by atoms with Crippen LogP contribution in [0.3, 0.4) is 0 Å². The van der Waals surface area contributed by atoms with Gasteiger partial charge in [0.25, 0.3) is 0 Å². The maximum Gasteiger partial charge on any atom is 0.215 e. The second-order valence-corrected chi connectivity index (χ2v) is 12.0. The minimum atomic E-state index is -1.91. The first kappa shape index (κ1) is 14.5. The Bertz CT molecular complexity index is 165. The highest BCUT2D eigenvalue weighted by Gasteiger charge is 2.52. The van der Waals surface area contributed by atoms with Gasteiger partial charge < -0.3 is 4.43 Å². The molecule has 0 aliphatic rings. The molecule has 0 aromatic heterocycles. The molecule has 0 amide bonds. The zero-order valence-corrected chi connectivity index (χ0v) is 12.5. The lowest BCUT2D eigenvalue weighted by Crippen LogP contribution is -2.58. The van der Waals surface area contributed by atoms with E-state index in [2.05, 4.69) is 48.1 Å². The summed E-state index contributed by atoms with van der Waals surface area (Å²) < 4.78 is 5.89. The van der Waals surface area contributed by atoms with Crippen LogP contribution in [-0.2, 0) is 4.43 Å². The molecular weight excluding hydrogens is 212 g/mol. The lowest BCUT2D eigenvalue weighted by Gasteiger charge is -2.46. The SMILES string of the molecule is CCCO[Si](C)(C(C)(C)C)C(C)(C)Cl. The third kappa shape index (κ3) is 2.98. The molecule has 0 aliphatic carbocycles. The van der Waals surface area contributed by atoms with Crippen molar-refractivity contribution < 1.29 is 4.43 Å². The predicted molar refractivity (Wildman–Crippen MR) is 67.5 cm³/mol. The fourth-order valence-corrected chi connectivity index (χ4v) is 5.77. The molecule has 0 saturated carbocycles. The van der Waals surface area contributed by atoms with Crippen molar-refractivity contribution in [1.29, 1.82) is 0 Å². The summed E-state index contributed by atoms with van der Waals surface area (Å²) in [7, 11) is -1.91. The van der Waals surface area contributed by atoms with Gasteiger partial charge in [-0.1, -0.05) is 27.7 Å². The number of hydrogen-bond acceptors (Lipinski definition) is 1. The molecule has 0 aliphatic heterocycles. The van der Waals surface area contributed by atoms with Gasteiger partial charge >= 0.3 is 0 Å². The second-order valence-electron chi connectivity index (χ2n) is 5.60. The normalized spacial score (nSPS) is 18.0. The molecule has 1 unspecified atom stereocenters. The Morgan fingerprint density at radius 3 is 1.79 bits per heavy atom. The highest BCUT2D eigenvalue weighted by molar-refractivity contribution is 6.85. The van der Waals surface area contributed by atoms with Crippen LogP contribution < -0.4 is 0 Å². The zero-order valence-electron chi connectivity index (χ0n) is 10.7. The van der Waals surface area contributed by atoms with Gasteiger partial charge in [-0.3, -0.25) is 0 Å². The Morgan fingerprint density at radius 2 is 1.57 bits per heavy atom. The minimum Gasteiger partial charge on any atom is -0.415 e. The maximum absolute atomic E-state index is 6.50. The standard InChI is InChI=1S/C11H25ClOSi/c1-8-9-13-14(7,10(2,3)4)11(5,6)12/h8-9H2,1-7H3. The predicted octanol–water partition coefficient (Wildman–Crippen LogP) is 4.35. The van der Waals surface area contributed by atoms with Gasteiger partial charge in [-0.25, -0.2) is 0 Å². The first-order chi connectivity index (χ1) is 6.06. The van der Waals surface area contributed by atoms with E-state index in [0.717, 1.165) is 13.0 Å². The molecule has 0 rings (SSSR count). The van der Waals surface area contributed by atoms with Crippen LogP contribution in [0.15, 0.2) is 0 Å². The van der Waals surface area contributed by atoms with E-state index in [9.17, 15) is 0 Å². The average molecular weight is 237 g/mol. The van der Waals surface area contributed by atoms with Crippen molar-refractivity contribution in [2.24, 2.45) is 0 Å². The van der Waals surface area contributed by atoms with Gasteiger partial charge in [0.2, 0.25) is 8.32 Å². The Morgan fingerprint density at radius 1 is 1.14 bits per heavy atom. The van der Waals surface area contributed by atoms with Gasteiger partial charge in [-0.05, 0) is 31.9 Å². The minimum absolute atomic E-state index is 0.174. The fraction of sp³-hybridized carbons (Fsp3) is 1.00. The molecule has 0 radical (unpaired) electrons. The molecule has 0 aromatic rings. The van der Waals surface area contributed by atoms with Crippen molar-refractivity contribution in [2.75, 3.05) is 6.61 Å². The van der Waals surface area contributed by atoms with E-state index in [4.69, 9.17) is 16.0 Å². The summed E-state index contributed by atoms with van der Waals surface area (Å²) in [6.45, 7) is 16.1. The molecule has 0 spiro atoms. The maximum atomic E-state index is 6.50. The van der Waals surface area contributed by atoms with E-state index in [1.807, 2.05) is 0 Å².